The average molecular weight is 779 g/mol. The van der Waals surface area contributed by atoms with Crippen molar-refractivity contribution in [1.82, 2.24) is 0 Å². The highest BCUT2D eigenvalue weighted by molar-refractivity contribution is 5.85. The molecule has 4 saturated carbocycles. The molecule has 21 atom stereocenters. The molecule has 3 saturated heterocycles. The van der Waals surface area contributed by atoms with Crippen LogP contribution in [0.4, 0.5) is 0 Å². The van der Waals surface area contributed by atoms with E-state index in [0.717, 1.165) is 44.1 Å². The fraction of sp³-hybridized carbons (Fsp3) is 0.929. The number of rotatable bonds is 7. The van der Waals surface area contributed by atoms with E-state index in [2.05, 4.69) is 13.8 Å². The summed E-state index contributed by atoms with van der Waals surface area (Å²) in [6.45, 7) is 12.3. The molecule has 4 aliphatic carbocycles. The van der Waals surface area contributed by atoms with Gasteiger partial charge in [0.25, 0.3) is 0 Å². The van der Waals surface area contributed by atoms with E-state index in [1.54, 1.807) is 13.0 Å². The summed E-state index contributed by atoms with van der Waals surface area (Å²) >= 11 is 0. The number of hydrogen-bond donors (Lipinski definition) is 5. The topological polar surface area (TPSA) is 183 Å². The number of aliphatic hydroxyl groups excluding tert-OH is 4. The van der Waals surface area contributed by atoms with Crippen LogP contribution in [0.3, 0.4) is 0 Å². The van der Waals surface area contributed by atoms with Gasteiger partial charge in [0.05, 0.1) is 54.4 Å². The van der Waals surface area contributed by atoms with Crippen molar-refractivity contribution < 1.29 is 63.5 Å². The molecule has 13 heteroatoms. The Balaban J connectivity index is 0.837. The van der Waals surface area contributed by atoms with Crippen LogP contribution in [0, 0.1) is 40.4 Å². The standard InChI is InChI=1S/C42H66O13/c1-20-13-34(51-22(3)38(20)54-36-17-30(43)37(47)21(2)50-36)55-39-23(4)52-35(18-31(39)44)53-26-9-11-40(5)25(15-26)7-8-28-29(40)16-32(45)41(6)27(10-12-42(28,41)48)24-14-33(46)49-19-24/h14,20-23,25-32,34-39,43-45,47-48H,7-13,15-19H2,1-6H3. The lowest BCUT2D eigenvalue weighted by molar-refractivity contribution is -0.331. The molecule has 0 bridgehead atoms. The minimum Gasteiger partial charge on any atom is -0.458 e. The van der Waals surface area contributed by atoms with E-state index in [-0.39, 0.29) is 66.4 Å². The summed E-state index contributed by atoms with van der Waals surface area (Å²) in [5.41, 5.74) is -0.835. The summed E-state index contributed by atoms with van der Waals surface area (Å²) in [6.07, 6.45) is 1.92. The third-order valence-electron chi connectivity index (χ3n) is 16.3. The van der Waals surface area contributed by atoms with Crippen molar-refractivity contribution in [2.45, 2.75) is 198 Å². The predicted octanol–water partition coefficient (Wildman–Crippen LogP) is 3.49. The van der Waals surface area contributed by atoms with Gasteiger partial charge in [-0.2, -0.15) is 0 Å². The van der Waals surface area contributed by atoms with Crippen molar-refractivity contribution in [3.63, 3.8) is 0 Å². The summed E-state index contributed by atoms with van der Waals surface area (Å²) in [7, 11) is 0. The minimum absolute atomic E-state index is 0.0121. The van der Waals surface area contributed by atoms with E-state index in [4.69, 9.17) is 33.2 Å². The molecule has 312 valence electrons. The Hall–Kier alpha value is -1.23. The zero-order valence-corrected chi connectivity index (χ0v) is 33.5. The van der Waals surface area contributed by atoms with E-state index in [1.807, 2.05) is 20.8 Å². The molecule has 55 heavy (non-hydrogen) atoms. The summed E-state index contributed by atoms with van der Waals surface area (Å²) in [4.78, 5) is 12.0. The molecule has 0 spiro atoms. The second-order valence-corrected chi connectivity index (χ2v) is 19.2. The maximum Gasteiger partial charge on any atom is 0.331 e. The Morgan fingerprint density at radius 1 is 0.709 bits per heavy atom. The van der Waals surface area contributed by atoms with Gasteiger partial charge in [0.2, 0.25) is 0 Å². The number of ether oxygens (including phenoxy) is 7. The third kappa shape index (κ3) is 6.96. The van der Waals surface area contributed by atoms with Crippen LogP contribution in [0.25, 0.3) is 0 Å². The summed E-state index contributed by atoms with van der Waals surface area (Å²) in [5.74, 6) is 0.329. The Morgan fingerprint density at radius 2 is 1.36 bits per heavy atom. The normalized spacial score (nSPS) is 55.5. The molecule has 0 radical (unpaired) electrons. The van der Waals surface area contributed by atoms with Crippen LogP contribution in [0.1, 0.15) is 112 Å². The molecule has 7 fully saturated rings. The summed E-state index contributed by atoms with van der Waals surface area (Å²) in [5, 5.41) is 56.1. The van der Waals surface area contributed by atoms with Crippen molar-refractivity contribution in [2.75, 3.05) is 6.61 Å². The first-order valence-electron chi connectivity index (χ1n) is 21.3. The van der Waals surface area contributed by atoms with Gasteiger partial charge in [-0.15, -0.1) is 0 Å². The molecular formula is C42H66O13. The molecular weight excluding hydrogens is 712 g/mol. The van der Waals surface area contributed by atoms with Gasteiger partial charge in [0.15, 0.2) is 18.9 Å². The van der Waals surface area contributed by atoms with Crippen molar-refractivity contribution >= 4 is 5.97 Å². The molecule has 0 aromatic carbocycles. The summed E-state index contributed by atoms with van der Waals surface area (Å²) in [6, 6.07) is 0. The highest BCUT2D eigenvalue weighted by atomic mass is 16.7. The van der Waals surface area contributed by atoms with E-state index in [1.165, 1.54) is 0 Å². The molecule has 0 amide bonds. The fourth-order valence-electron chi connectivity index (χ4n) is 13.1. The van der Waals surface area contributed by atoms with Crippen LogP contribution in [0.2, 0.25) is 0 Å². The van der Waals surface area contributed by atoms with Crippen LogP contribution in [0.5, 0.6) is 0 Å². The molecule has 4 heterocycles. The van der Waals surface area contributed by atoms with Gasteiger partial charge in [-0.3, -0.25) is 0 Å². The number of fused-ring (bicyclic) bond motifs is 5. The van der Waals surface area contributed by atoms with Crippen molar-refractivity contribution in [3.8, 4) is 0 Å². The van der Waals surface area contributed by atoms with Crippen molar-refractivity contribution in [1.29, 1.82) is 0 Å². The molecule has 13 nitrogen and oxygen atoms in total. The minimum atomic E-state index is -0.999. The monoisotopic (exact) mass is 778 g/mol. The van der Waals surface area contributed by atoms with E-state index < -0.39 is 72.6 Å². The van der Waals surface area contributed by atoms with Gasteiger partial charge < -0.3 is 58.7 Å². The molecule has 0 aromatic rings. The first-order chi connectivity index (χ1) is 26.0. The number of cyclic esters (lactones) is 1. The van der Waals surface area contributed by atoms with Gasteiger partial charge in [0.1, 0.15) is 18.8 Å². The summed E-state index contributed by atoms with van der Waals surface area (Å²) < 4.78 is 42.9. The van der Waals surface area contributed by atoms with Crippen LogP contribution < -0.4 is 0 Å². The van der Waals surface area contributed by atoms with Crippen LogP contribution in [0.15, 0.2) is 11.6 Å². The molecule has 21 unspecified atom stereocenters. The van der Waals surface area contributed by atoms with Crippen LogP contribution >= 0.6 is 0 Å². The van der Waals surface area contributed by atoms with E-state index in [9.17, 15) is 30.3 Å². The molecule has 0 aromatic heterocycles. The van der Waals surface area contributed by atoms with Gasteiger partial charge in [-0.1, -0.05) is 20.8 Å². The first kappa shape index (κ1) is 40.5. The molecule has 8 rings (SSSR count). The Morgan fingerprint density at radius 3 is 2.04 bits per heavy atom. The smallest absolute Gasteiger partial charge is 0.331 e. The van der Waals surface area contributed by atoms with Crippen molar-refractivity contribution in [3.05, 3.63) is 11.6 Å². The number of carbonyl (C=O) groups excluding carboxylic acids is 1. The zero-order chi connectivity index (χ0) is 39.2. The maximum absolute atomic E-state index is 12.6. The van der Waals surface area contributed by atoms with Gasteiger partial charge in [-0.25, -0.2) is 4.79 Å². The Bertz CT molecular complexity index is 1410. The lowest BCUT2D eigenvalue weighted by Crippen LogP contribution is -2.67. The highest BCUT2D eigenvalue weighted by Gasteiger charge is 2.71. The quantitative estimate of drug-likeness (QED) is 0.187. The predicted molar refractivity (Wildman–Crippen MR) is 196 cm³/mol. The number of hydrogen-bond acceptors (Lipinski definition) is 13. The largest absolute Gasteiger partial charge is 0.458 e. The Kier molecular flexibility index (Phi) is 11.1. The number of carbonyl (C=O) groups is 1. The molecule has 4 aliphatic heterocycles. The van der Waals surface area contributed by atoms with Gasteiger partial charge in [0, 0.05) is 30.8 Å². The van der Waals surface area contributed by atoms with E-state index >= 15 is 0 Å². The maximum atomic E-state index is 12.6. The lowest BCUT2D eigenvalue weighted by atomic mass is 9.42. The van der Waals surface area contributed by atoms with Crippen LogP contribution in [-0.4, -0.2) is 124 Å². The number of aliphatic hydroxyl groups is 5. The SMILES string of the molecule is CC1CC(OC2C(O)CC(OC3CCC4(C)C(CCC5C4CC(O)C4(C)C(C6=CC(=O)OC6)CCC54O)C3)OC2C)OC(C)C1OC1CC(O)C(O)C(C)O1. The van der Waals surface area contributed by atoms with Gasteiger partial charge >= 0.3 is 5.97 Å². The molecule has 8 aliphatic rings. The first-order valence-corrected chi connectivity index (χ1v) is 21.3. The third-order valence-corrected chi connectivity index (χ3v) is 16.3. The molecule has 5 N–H and O–H groups in total. The highest BCUT2D eigenvalue weighted by Crippen LogP contribution is 2.70. The van der Waals surface area contributed by atoms with Crippen LogP contribution in [-0.2, 0) is 38.0 Å². The van der Waals surface area contributed by atoms with E-state index in [0.29, 0.717) is 31.6 Å². The average Bonchev–Trinajstić information content (AvgIpc) is 3.67. The second kappa shape index (κ2) is 15.1. The van der Waals surface area contributed by atoms with Gasteiger partial charge in [-0.05, 0) is 113 Å². The zero-order valence-electron chi connectivity index (χ0n) is 33.5. The lowest BCUT2D eigenvalue weighted by Gasteiger charge is -2.65. The van der Waals surface area contributed by atoms with Crippen molar-refractivity contribution in [2.24, 2.45) is 40.4 Å². The Labute approximate surface area is 325 Å². The number of esters is 1. The second-order valence-electron chi connectivity index (χ2n) is 19.2. The fourth-order valence-corrected chi connectivity index (χ4v) is 13.1.